The molecule has 2 aliphatic rings. The van der Waals surface area contributed by atoms with Gasteiger partial charge >= 0.3 is 176 Å². The van der Waals surface area contributed by atoms with Gasteiger partial charge in [0.2, 0.25) is 0 Å². The van der Waals surface area contributed by atoms with Crippen LogP contribution in [0.4, 0.5) is 0 Å². The van der Waals surface area contributed by atoms with Crippen LogP contribution in [-0.4, -0.2) is 0 Å². The van der Waals surface area contributed by atoms with Crippen LogP contribution < -0.4 is 24.8 Å². The molecule has 2 aliphatic carbocycles. The van der Waals surface area contributed by atoms with Crippen molar-refractivity contribution in [1.29, 1.82) is 0 Å². The van der Waals surface area contributed by atoms with E-state index in [1.165, 1.54) is 27.8 Å². The van der Waals surface area contributed by atoms with E-state index in [9.17, 15) is 0 Å². The maximum atomic E-state index is 2.52. The van der Waals surface area contributed by atoms with E-state index in [1.807, 2.05) is 0 Å². The van der Waals surface area contributed by atoms with Crippen molar-refractivity contribution in [1.82, 2.24) is 0 Å². The standard InChI is InChI=1S/C16H13.C10H15.2ClH.Zr/c1-12-15-10-6-5-9-14(15)11-16(12)13-7-3-2-4-8-13;1-7-6-10(4,5)9(3)8(7)2;;;/h2-11H,1H3;1-5H3;2*1H;/q;;;;+2/p-2. The second kappa shape index (κ2) is 8.70. The van der Waals surface area contributed by atoms with E-state index in [1.54, 1.807) is 14.4 Å². The first-order chi connectivity index (χ1) is 12.8. The van der Waals surface area contributed by atoms with Gasteiger partial charge in [0.25, 0.3) is 0 Å². The van der Waals surface area contributed by atoms with Crippen molar-refractivity contribution < 1.29 is 48.0 Å². The number of fused-ring (bicyclic) bond motifs is 1. The van der Waals surface area contributed by atoms with E-state index in [2.05, 4.69) is 102 Å². The van der Waals surface area contributed by atoms with Crippen molar-refractivity contribution in [3.63, 3.8) is 0 Å². The van der Waals surface area contributed by atoms with E-state index in [0.29, 0.717) is 0 Å². The molecule has 0 nitrogen and oxygen atoms in total. The van der Waals surface area contributed by atoms with Gasteiger partial charge in [-0.05, 0) is 0 Å². The van der Waals surface area contributed by atoms with Gasteiger partial charge in [0.1, 0.15) is 0 Å². The van der Waals surface area contributed by atoms with Gasteiger partial charge in [-0.25, -0.2) is 0 Å². The van der Waals surface area contributed by atoms with Crippen molar-refractivity contribution in [2.45, 2.75) is 44.7 Å². The SMILES string of the molecule is CC1=C(C)C(C)(C)[C]([Zr+2][C]2(C)C(c3ccccc3)=Cc3ccccc32)=C1C.[Cl-].[Cl-]. The number of allylic oxidation sites excluding steroid dienone is 5. The summed E-state index contributed by atoms with van der Waals surface area (Å²) >= 11 is -0.946. The van der Waals surface area contributed by atoms with Crippen LogP contribution in [0, 0.1) is 5.41 Å². The molecule has 150 valence electrons. The third-order valence-corrected chi connectivity index (χ3v) is 12.5. The summed E-state index contributed by atoms with van der Waals surface area (Å²) < 4.78 is 1.93. The molecule has 1 atom stereocenters. The van der Waals surface area contributed by atoms with Gasteiger partial charge in [0.15, 0.2) is 0 Å². The van der Waals surface area contributed by atoms with Crippen molar-refractivity contribution in [3.05, 3.63) is 91.3 Å². The molecule has 4 rings (SSSR count). The Labute approximate surface area is 200 Å². The first-order valence-electron chi connectivity index (χ1n) is 9.82. The monoisotopic (exact) mass is 500 g/mol. The molecule has 0 saturated carbocycles. The topological polar surface area (TPSA) is 0 Å². The molecule has 0 saturated heterocycles. The Morgan fingerprint density at radius 2 is 1.31 bits per heavy atom. The number of rotatable bonds is 3. The van der Waals surface area contributed by atoms with E-state index >= 15 is 0 Å². The van der Waals surface area contributed by atoms with Crippen molar-refractivity contribution in [2.24, 2.45) is 5.41 Å². The quantitative estimate of drug-likeness (QED) is 0.592. The first-order valence-corrected chi connectivity index (χ1v) is 12.3. The van der Waals surface area contributed by atoms with Gasteiger partial charge in [-0.2, -0.15) is 0 Å². The van der Waals surface area contributed by atoms with Crippen LogP contribution in [0.2, 0.25) is 0 Å². The maximum Gasteiger partial charge on any atom is -1.00 e. The average molecular weight is 503 g/mol. The molecule has 0 aromatic heterocycles. The average Bonchev–Trinajstić information content (AvgIpc) is 3.04. The summed E-state index contributed by atoms with van der Waals surface area (Å²) in [6.45, 7) is 14.4. The smallest absolute Gasteiger partial charge is 1.00 e. The summed E-state index contributed by atoms with van der Waals surface area (Å²) in [6.07, 6.45) is 2.45. The molecule has 0 amide bonds. The Morgan fingerprint density at radius 1 is 0.724 bits per heavy atom. The molecule has 3 heteroatoms. The van der Waals surface area contributed by atoms with Crippen molar-refractivity contribution in [3.8, 4) is 0 Å². The molecule has 0 heterocycles. The van der Waals surface area contributed by atoms with Crippen LogP contribution in [0.3, 0.4) is 0 Å². The zero-order valence-electron chi connectivity index (χ0n) is 18.0. The zero-order chi connectivity index (χ0) is 19.4. The number of benzene rings is 2. The van der Waals surface area contributed by atoms with Crippen LogP contribution >= 0.6 is 0 Å². The number of hydrogen-bond donors (Lipinski definition) is 0. The summed E-state index contributed by atoms with van der Waals surface area (Å²) in [5.41, 5.74) is 10.7. The largest absolute Gasteiger partial charge is 1.00 e. The Morgan fingerprint density at radius 3 is 1.90 bits per heavy atom. The Bertz CT molecular complexity index is 1010. The fourth-order valence-electron chi connectivity index (χ4n) is 4.74. The third kappa shape index (κ3) is 3.80. The predicted octanol–water partition coefficient (Wildman–Crippen LogP) is 1.20. The molecule has 0 radical (unpaired) electrons. The summed E-state index contributed by atoms with van der Waals surface area (Å²) in [4.78, 5) is 0. The minimum atomic E-state index is -0.946. The van der Waals surface area contributed by atoms with Gasteiger partial charge in [0, 0.05) is 0 Å². The number of hydrogen-bond acceptors (Lipinski definition) is 0. The second-order valence-corrected chi connectivity index (χ2v) is 12.9. The molecular formula is C26H28Cl2Zr. The molecule has 2 aromatic carbocycles. The Balaban J connectivity index is 0.00000150. The molecule has 0 aliphatic heterocycles. The molecule has 0 N–H and O–H groups in total. The molecule has 0 bridgehead atoms. The van der Waals surface area contributed by atoms with Gasteiger partial charge in [-0.15, -0.1) is 0 Å². The fourth-order valence-corrected chi connectivity index (χ4v) is 9.87. The first kappa shape index (κ1) is 24.4. The normalized spacial score (nSPS) is 21.8. The molecular weight excluding hydrogens is 474 g/mol. The van der Waals surface area contributed by atoms with Crippen LogP contribution in [0.5, 0.6) is 0 Å². The van der Waals surface area contributed by atoms with Gasteiger partial charge in [0.05, 0.1) is 0 Å². The summed E-state index contributed by atoms with van der Waals surface area (Å²) in [5, 5.41) is 0. The summed E-state index contributed by atoms with van der Waals surface area (Å²) in [5.74, 6) is 0. The van der Waals surface area contributed by atoms with Crippen LogP contribution in [-0.2, 0) is 26.4 Å². The summed E-state index contributed by atoms with van der Waals surface area (Å²) in [6, 6.07) is 20.1. The van der Waals surface area contributed by atoms with E-state index in [0.717, 1.165) is 0 Å². The molecule has 0 fully saturated rings. The Kier molecular flexibility index (Phi) is 7.32. The predicted molar refractivity (Wildman–Crippen MR) is 113 cm³/mol. The van der Waals surface area contributed by atoms with E-state index < -0.39 is 23.2 Å². The zero-order valence-corrected chi connectivity index (χ0v) is 22.0. The number of halogens is 2. The van der Waals surface area contributed by atoms with Gasteiger partial charge < -0.3 is 24.8 Å². The van der Waals surface area contributed by atoms with Gasteiger partial charge in [-0.3, -0.25) is 0 Å². The summed E-state index contributed by atoms with van der Waals surface area (Å²) in [7, 11) is 0. The van der Waals surface area contributed by atoms with Crippen LogP contribution in [0.1, 0.15) is 58.2 Å². The maximum absolute atomic E-state index is 2.52. The third-order valence-electron chi connectivity index (χ3n) is 6.86. The minimum Gasteiger partial charge on any atom is -1.00 e. The van der Waals surface area contributed by atoms with Gasteiger partial charge in [-0.1, -0.05) is 0 Å². The van der Waals surface area contributed by atoms with E-state index in [4.69, 9.17) is 0 Å². The minimum absolute atomic E-state index is 0. The fraction of sp³-hybridized carbons (Fsp3) is 0.308. The molecule has 0 spiro atoms. The second-order valence-electron chi connectivity index (χ2n) is 8.64. The Hall–Kier alpha value is -0.877. The van der Waals surface area contributed by atoms with Crippen LogP contribution in [0.25, 0.3) is 11.6 Å². The molecule has 29 heavy (non-hydrogen) atoms. The van der Waals surface area contributed by atoms with E-state index in [-0.39, 0.29) is 33.4 Å². The molecule has 2 aromatic rings. The van der Waals surface area contributed by atoms with Crippen molar-refractivity contribution in [2.75, 3.05) is 0 Å². The van der Waals surface area contributed by atoms with Crippen molar-refractivity contribution >= 4 is 11.6 Å². The molecule has 1 unspecified atom stereocenters. The van der Waals surface area contributed by atoms with Crippen LogP contribution in [0.15, 0.2) is 74.6 Å².